The van der Waals surface area contributed by atoms with E-state index in [1.54, 1.807) is 50.1 Å². The Labute approximate surface area is 217 Å². The van der Waals surface area contributed by atoms with Gasteiger partial charge >= 0.3 is 6.18 Å². The highest BCUT2D eigenvalue weighted by molar-refractivity contribution is 7.98. The number of alkyl halides is 4. The number of hydrogen-bond donors (Lipinski definition) is 2. The third kappa shape index (κ3) is 6.28. The molecule has 0 aliphatic carbocycles. The van der Waals surface area contributed by atoms with Crippen molar-refractivity contribution in [1.29, 1.82) is 0 Å². The minimum atomic E-state index is -4.44. The highest BCUT2D eigenvalue weighted by Crippen LogP contribution is 2.34. The number of anilines is 2. The van der Waals surface area contributed by atoms with Crippen LogP contribution in [0.25, 0.3) is 10.9 Å². The second-order valence-electron chi connectivity index (χ2n) is 9.03. The monoisotopic (exact) mass is 535 g/mol. The number of hydrogen-bond acceptors (Lipinski definition) is 5. The maximum Gasteiger partial charge on any atom is 0.406 e. The number of fused-ring (bicyclic) bond motifs is 1. The first-order valence-electron chi connectivity index (χ1n) is 11.8. The molecule has 2 atom stereocenters. The largest absolute Gasteiger partial charge is 0.495 e. The van der Waals surface area contributed by atoms with Gasteiger partial charge in [-0.15, -0.1) is 11.8 Å². The molecule has 198 valence electrons. The summed E-state index contributed by atoms with van der Waals surface area (Å²) in [6.45, 7) is 1.16. The summed E-state index contributed by atoms with van der Waals surface area (Å²) in [5.74, 6) is 6.47. The van der Waals surface area contributed by atoms with Crippen LogP contribution in [-0.4, -0.2) is 55.6 Å². The summed E-state index contributed by atoms with van der Waals surface area (Å²) in [4.78, 5) is 1.04. The lowest BCUT2D eigenvalue weighted by molar-refractivity contribution is -0.140. The summed E-state index contributed by atoms with van der Waals surface area (Å²) in [6, 6.07) is 12.4. The summed E-state index contributed by atoms with van der Waals surface area (Å²) >= 11 is 1.59. The second-order valence-corrected chi connectivity index (χ2v) is 9.91. The number of nitrogens with zero attached hydrogens (tertiary/aromatic N) is 1. The van der Waals surface area contributed by atoms with Gasteiger partial charge in [0.25, 0.3) is 0 Å². The number of methoxy groups -OCH3 is 1. The Morgan fingerprint density at radius 1 is 1.22 bits per heavy atom. The molecule has 2 N–H and O–H groups in total. The molecule has 0 spiro atoms. The molecular weight excluding hydrogens is 506 g/mol. The SMILES string of the molecule is COc1cc(SC)ccc1NCC#Cc1cc2c(N[C@@]3(C)CCOC[C@H]3F)cccc2n1CC(F)(F)F. The molecule has 5 nitrogen and oxygen atoms in total. The number of thioether (sulfide) groups is 1. The lowest BCUT2D eigenvalue weighted by Gasteiger charge is -2.38. The van der Waals surface area contributed by atoms with E-state index in [0.29, 0.717) is 35.4 Å². The van der Waals surface area contributed by atoms with E-state index in [0.717, 1.165) is 15.1 Å². The van der Waals surface area contributed by atoms with Crippen LogP contribution in [0.5, 0.6) is 5.75 Å². The van der Waals surface area contributed by atoms with E-state index in [-0.39, 0.29) is 18.8 Å². The first-order chi connectivity index (χ1) is 17.6. The second kappa shape index (κ2) is 11.2. The van der Waals surface area contributed by atoms with Gasteiger partial charge < -0.3 is 24.7 Å². The van der Waals surface area contributed by atoms with Crippen LogP contribution in [0.15, 0.2) is 47.4 Å². The van der Waals surface area contributed by atoms with Crippen LogP contribution >= 0.6 is 11.8 Å². The first-order valence-corrected chi connectivity index (χ1v) is 13.0. The van der Waals surface area contributed by atoms with E-state index in [1.165, 1.54) is 0 Å². The van der Waals surface area contributed by atoms with Crippen molar-refractivity contribution in [2.75, 3.05) is 43.8 Å². The quantitative estimate of drug-likeness (QED) is 0.211. The lowest BCUT2D eigenvalue weighted by Crippen LogP contribution is -2.50. The number of nitrogens with one attached hydrogen (secondary N) is 2. The van der Waals surface area contributed by atoms with Gasteiger partial charge in [-0.3, -0.25) is 0 Å². The average molecular weight is 536 g/mol. The molecule has 0 saturated carbocycles. The van der Waals surface area contributed by atoms with Crippen LogP contribution in [0, 0.1) is 11.8 Å². The molecule has 10 heteroatoms. The fourth-order valence-electron chi connectivity index (χ4n) is 4.33. The fourth-order valence-corrected chi connectivity index (χ4v) is 4.75. The molecule has 3 aromatic rings. The molecule has 0 unspecified atom stereocenters. The zero-order valence-electron chi connectivity index (χ0n) is 20.8. The third-order valence-electron chi connectivity index (χ3n) is 6.42. The topological polar surface area (TPSA) is 47.4 Å². The van der Waals surface area contributed by atoms with Crippen LogP contribution in [0.2, 0.25) is 0 Å². The highest BCUT2D eigenvalue weighted by Gasteiger charge is 2.38. The summed E-state index contributed by atoms with van der Waals surface area (Å²) in [5, 5.41) is 6.95. The third-order valence-corrected chi connectivity index (χ3v) is 7.14. The van der Waals surface area contributed by atoms with E-state index in [4.69, 9.17) is 9.47 Å². The van der Waals surface area contributed by atoms with Crippen molar-refractivity contribution in [3.8, 4) is 17.6 Å². The first kappa shape index (κ1) is 27.0. The molecule has 0 radical (unpaired) electrons. The van der Waals surface area contributed by atoms with Gasteiger partial charge in [0.1, 0.15) is 18.5 Å². The number of aromatic nitrogens is 1. The van der Waals surface area contributed by atoms with E-state index < -0.39 is 24.4 Å². The predicted molar refractivity (Wildman–Crippen MR) is 140 cm³/mol. The van der Waals surface area contributed by atoms with Crippen molar-refractivity contribution in [2.45, 2.75) is 42.7 Å². The lowest BCUT2D eigenvalue weighted by atomic mass is 9.90. The Balaban J connectivity index is 1.64. The van der Waals surface area contributed by atoms with Crippen molar-refractivity contribution in [1.82, 2.24) is 4.57 Å². The van der Waals surface area contributed by atoms with E-state index in [1.807, 2.05) is 24.5 Å². The predicted octanol–water partition coefficient (Wildman–Crippen LogP) is 6.33. The molecule has 37 heavy (non-hydrogen) atoms. The van der Waals surface area contributed by atoms with Gasteiger partial charge in [0, 0.05) is 22.6 Å². The molecule has 1 fully saturated rings. The Bertz CT molecular complexity index is 1310. The molecule has 1 aliphatic heterocycles. The van der Waals surface area contributed by atoms with Gasteiger partial charge in [-0.05, 0) is 61.9 Å². The normalized spacial score (nSPS) is 19.8. The van der Waals surface area contributed by atoms with Crippen molar-refractivity contribution < 1.29 is 27.0 Å². The van der Waals surface area contributed by atoms with Crippen LogP contribution in [-0.2, 0) is 11.3 Å². The highest BCUT2D eigenvalue weighted by atomic mass is 32.2. The zero-order valence-corrected chi connectivity index (χ0v) is 21.7. The maximum atomic E-state index is 14.7. The molecule has 1 aliphatic rings. The van der Waals surface area contributed by atoms with E-state index >= 15 is 0 Å². The molecular formula is C27H29F4N3O2S. The van der Waals surface area contributed by atoms with Crippen LogP contribution in [0.1, 0.15) is 19.0 Å². The summed E-state index contributed by atoms with van der Waals surface area (Å²) in [6.07, 6.45) is -3.28. The molecule has 0 amide bonds. The molecule has 2 heterocycles. The van der Waals surface area contributed by atoms with Crippen molar-refractivity contribution in [3.63, 3.8) is 0 Å². The Morgan fingerprint density at radius 2 is 2.03 bits per heavy atom. The molecule has 1 saturated heterocycles. The minimum Gasteiger partial charge on any atom is -0.495 e. The van der Waals surface area contributed by atoms with Crippen LogP contribution in [0.3, 0.4) is 0 Å². The molecule has 4 rings (SSSR count). The standard InChI is InChI=1S/C27H29F4N3O2S/c1-26(11-13-36-16-25(26)28)33-21-7-4-8-23-20(21)14-18(34(23)17-27(29,30)31)6-5-12-32-22-10-9-19(37-3)15-24(22)35-2/h4,7-10,14-15,25,32-33H,11-13,16-17H2,1-3H3/t25-,26+/m1/s1. The number of ether oxygens (including phenoxy) is 2. The van der Waals surface area contributed by atoms with Gasteiger partial charge in [0.15, 0.2) is 0 Å². The van der Waals surface area contributed by atoms with Gasteiger partial charge in [0.2, 0.25) is 0 Å². The molecule has 1 aromatic heterocycles. The van der Waals surface area contributed by atoms with Gasteiger partial charge in [-0.1, -0.05) is 12.0 Å². The number of benzene rings is 2. The fraction of sp³-hybridized carbons (Fsp3) is 0.407. The maximum absolute atomic E-state index is 14.7. The summed E-state index contributed by atoms with van der Waals surface area (Å²) < 4.78 is 66.9. The Hall–Kier alpha value is -3.03. The van der Waals surface area contributed by atoms with Crippen molar-refractivity contribution in [3.05, 3.63) is 48.2 Å². The zero-order chi connectivity index (χ0) is 26.6. The van der Waals surface area contributed by atoms with Crippen LogP contribution < -0.4 is 15.4 Å². The van der Waals surface area contributed by atoms with Crippen LogP contribution in [0.4, 0.5) is 28.9 Å². The number of halogens is 4. The van der Waals surface area contributed by atoms with Crippen molar-refractivity contribution in [2.24, 2.45) is 0 Å². The Morgan fingerprint density at radius 3 is 2.73 bits per heavy atom. The van der Waals surface area contributed by atoms with E-state index in [9.17, 15) is 17.6 Å². The van der Waals surface area contributed by atoms with Gasteiger partial charge in [0.05, 0.1) is 42.7 Å². The smallest absolute Gasteiger partial charge is 0.406 e. The summed E-state index contributed by atoms with van der Waals surface area (Å²) in [5.41, 5.74) is 1.01. The minimum absolute atomic E-state index is 0.0247. The number of rotatable bonds is 7. The summed E-state index contributed by atoms with van der Waals surface area (Å²) in [7, 11) is 1.57. The average Bonchev–Trinajstić information content (AvgIpc) is 3.20. The Kier molecular flexibility index (Phi) is 8.14. The van der Waals surface area contributed by atoms with Gasteiger partial charge in [-0.2, -0.15) is 13.2 Å². The van der Waals surface area contributed by atoms with E-state index in [2.05, 4.69) is 22.5 Å². The van der Waals surface area contributed by atoms with Crippen molar-refractivity contribution >= 4 is 34.0 Å². The molecule has 0 bridgehead atoms. The van der Waals surface area contributed by atoms with Gasteiger partial charge in [-0.25, -0.2) is 4.39 Å². The molecule has 2 aromatic carbocycles.